The number of benzene rings is 2. The van der Waals surface area contributed by atoms with Crippen molar-refractivity contribution in [2.75, 3.05) is 6.61 Å². The van der Waals surface area contributed by atoms with Gasteiger partial charge in [0.25, 0.3) is 5.91 Å². The predicted octanol–water partition coefficient (Wildman–Crippen LogP) is 5.12. The lowest BCUT2D eigenvalue weighted by atomic mass is 10.1. The monoisotopic (exact) mass is 494 g/mol. The van der Waals surface area contributed by atoms with Gasteiger partial charge >= 0.3 is 0 Å². The van der Waals surface area contributed by atoms with Gasteiger partial charge in [0, 0.05) is 17.1 Å². The highest BCUT2D eigenvalue weighted by molar-refractivity contribution is 9.10. The summed E-state index contributed by atoms with van der Waals surface area (Å²) in [6, 6.07) is 12.3. The molecular weight excluding hydrogens is 468 g/mol. The van der Waals surface area contributed by atoms with Crippen LogP contribution in [0.25, 0.3) is 0 Å². The zero-order valence-corrected chi connectivity index (χ0v) is 20.3. The fraction of sp³-hybridized carbons (Fsp3) is 0.391. The molecule has 2 amide bonds. The van der Waals surface area contributed by atoms with E-state index in [4.69, 9.17) is 16.3 Å². The van der Waals surface area contributed by atoms with Crippen LogP contribution >= 0.6 is 27.5 Å². The van der Waals surface area contributed by atoms with Crippen LogP contribution in [-0.4, -0.2) is 34.9 Å². The van der Waals surface area contributed by atoms with Crippen molar-refractivity contribution in [3.63, 3.8) is 0 Å². The van der Waals surface area contributed by atoms with E-state index in [1.165, 1.54) is 0 Å². The Labute approximate surface area is 191 Å². The van der Waals surface area contributed by atoms with Gasteiger partial charge in [0.1, 0.15) is 11.8 Å². The van der Waals surface area contributed by atoms with Crippen LogP contribution in [-0.2, 0) is 16.1 Å². The average molecular weight is 496 g/mol. The molecule has 30 heavy (non-hydrogen) atoms. The largest absolute Gasteiger partial charge is 0.483 e. The fourth-order valence-electron chi connectivity index (χ4n) is 2.88. The quantitative estimate of drug-likeness (QED) is 0.580. The molecular formula is C23H28BrClN2O3. The van der Waals surface area contributed by atoms with Crippen molar-refractivity contribution in [3.8, 4) is 5.75 Å². The lowest BCUT2D eigenvalue weighted by Crippen LogP contribution is -2.53. The molecule has 0 aliphatic heterocycles. The molecule has 5 nitrogen and oxygen atoms in total. The predicted molar refractivity (Wildman–Crippen MR) is 124 cm³/mol. The van der Waals surface area contributed by atoms with Gasteiger partial charge in [-0.1, -0.05) is 41.4 Å². The highest BCUT2D eigenvalue weighted by Gasteiger charge is 2.28. The minimum atomic E-state index is -0.658. The molecule has 1 N–H and O–H groups in total. The second-order valence-electron chi connectivity index (χ2n) is 8.29. The van der Waals surface area contributed by atoms with Gasteiger partial charge < -0.3 is 15.0 Å². The maximum atomic E-state index is 13.1. The maximum Gasteiger partial charge on any atom is 0.261 e. The van der Waals surface area contributed by atoms with E-state index in [1.54, 1.807) is 30.0 Å². The van der Waals surface area contributed by atoms with Crippen molar-refractivity contribution in [3.05, 3.63) is 63.1 Å². The number of carbonyl (C=O) groups is 2. The smallest absolute Gasteiger partial charge is 0.261 e. The zero-order valence-electron chi connectivity index (χ0n) is 18.0. The Bertz CT molecular complexity index is 912. The first kappa shape index (κ1) is 24.2. The molecule has 0 aliphatic rings. The number of aryl methyl sites for hydroxylation is 1. The van der Waals surface area contributed by atoms with Crippen molar-refractivity contribution >= 4 is 39.3 Å². The Morgan fingerprint density at radius 3 is 2.50 bits per heavy atom. The van der Waals surface area contributed by atoms with Crippen LogP contribution < -0.4 is 10.1 Å². The van der Waals surface area contributed by atoms with Crippen LogP contribution in [0.15, 0.2) is 46.9 Å². The molecule has 0 radical (unpaired) electrons. The molecule has 0 aromatic heterocycles. The number of hydrogen-bond donors (Lipinski definition) is 1. The van der Waals surface area contributed by atoms with Crippen molar-refractivity contribution in [2.45, 2.75) is 52.7 Å². The first-order valence-electron chi connectivity index (χ1n) is 9.71. The van der Waals surface area contributed by atoms with E-state index in [-0.39, 0.29) is 18.4 Å². The normalized spacial score (nSPS) is 12.2. The van der Waals surface area contributed by atoms with Crippen LogP contribution in [0, 0.1) is 6.92 Å². The number of rotatable bonds is 7. The van der Waals surface area contributed by atoms with Gasteiger partial charge in [-0.05, 0) is 74.3 Å². The van der Waals surface area contributed by atoms with Crippen LogP contribution in [0.2, 0.25) is 5.02 Å². The molecule has 0 bridgehead atoms. The van der Waals surface area contributed by atoms with Crippen LogP contribution in [0.5, 0.6) is 5.75 Å². The van der Waals surface area contributed by atoms with Crippen molar-refractivity contribution in [1.82, 2.24) is 10.2 Å². The molecule has 0 heterocycles. The summed E-state index contributed by atoms with van der Waals surface area (Å²) in [6.07, 6.45) is 0. The van der Waals surface area contributed by atoms with Crippen molar-refractivity contribution in [2.24, 2.45) is 0 Å². The lowest BCUT2D eigenvalue weighted by molar-refractivity contribution is -0.142. The Hall–Kier alpha value is -2.05. The molecule has 162 valence electrons. The van der Waals surface area contributed by atoms with Crippen LogP contribution in [0.1, 0.15) is 38.8 Å². The van der Waals surface area contributed by atoms with Gasteiger partial charge in [-0.25, -0.2) is 0 Å². The maximum absolute atomic E-state index is 13.1. The fourth-order valence-corrected chi connectivity index (χ4v) is 3.68. The summed E-state index contributed by atoms with van der Waals surface area (Å²) in [5, 5.41) is 3.51. The van der Waals surface area contributed by atoms with Gasteiger partial charge in [-0.2, -0.15) is 0 Å². The average Bonchev–Trinajstić information content (AvgIpc) is 2.63. The number of ether oxygens (including phenoxy) is 1. The van der Waals surface area contributed by atoms with Crippen LogP contribution in [0.3, 0.4) is 0 Å². The summed E-state index contributed by atoms with van der Waals surface area (Å²) in [6.45, 7) is 9.56. The number of hydrogen-bond acceptors (Lipinski definition) is 3. The molecule has 1 atom stereocenters. The standard InChI is InChI=1S/C23H28BrClN2O3/c1-15-7-6-8-17(11-15)13-27(16(2)22(29)26-23(3,4)5)21(28)14-30-20-10-9-18(25)12-19(20)24/h6-12,16H,13-14H2,1-5H3,(H,26,29). The first-order chi connectivity index (χ1) is 14.0. The summed E-state index contributed by atoms with van der Waals surface area (Å²) in [4.78, 5) is 27.4. The number of nitrogens with zero attached hydrogens (tertiary/aromatic N) is 1. The number of carbonyl (C=O) groups excluding carboxylic acids is 2. The summed E-state index contributed by atoms with van der Waals surface area (Å²) in [5.41, 5.74) is 1.65. The summed E-state index contributed by atoms with van der Waals surface area (Å²) in [7, 11) is 0. The topological polar surface area (TPSA) is 58.6 Å². The third kappa shape index (κ3) is 7.33. The molecule has 7 heteroatoms. The van der Waals surface area contributed by atoms with Crippen molar-refractivity contribution in [1.29, 1.82) is 0 Å². The molecule has 1 unspecified atom stereocenters. The van der Waals surface area contributed by atoms with E-state index in [2.05, 4.69) is 21.2 Å². The second-order valence-corrected chi connectivity index (χ2v) is 9.58. The van der Waals surface area contributed by atoms with E-state index in [9.17, 15) is 9.59 Å². The van der Waals surface area contributed by atoms with E-state index < -0.39 is 11.6 Å². The molecule has 2 aromatic rings. The van der Waals surface area contributed by atoms with Gasteiger partial charge in [0.15, 0.2) is 6.61 Å². The summed E-state index contributed by atoms with van der Waals surface area (Å²) >= 11 is 9.34. The lowest BCUT2D eigenvalue weighted by Gasteiger charge is -2.31. The Morgan fingerprint density at radius 2 is 1.90 bits per heavy atom. The minimum absolute atomic E-state index is 0.195. The summed E-state index contributed by atoms with van der Waals surface area (Å²) in [5.74, 6) is 0.0149. The Morgan fingerprint density at radius 1 is 1.20 bits per heavy atom. The third-order valence-electron chi connectivity index (χ3n) is 4.35. The minimum Gasteiger partial charge on any atom is -0.483 e. The zero-order chi connectivity index (χ0) is 22.5. The number of amides is 2. The van der Waals surface area contributed by atoms with E-state index in [1.807, 2.05) is 52.0 Å². The van der Waals surface area contributed by atoms with Gasteiger partial charge in [0.2, 0.25) is 5.91 Å². The molecule has 0 saturated carbocycles. The van der Waals surface area contributed by atoms with Gasteiger partial charge in [0.05, 0.1) is 4.47 Å². The highest BCUT2D eigenvalue weighted by Crippen LogP contribution is 2.28. The van der Waals surface area contributed by atoms with E-state index in [0.29, 0.717) is 21.8 Å². The van der Waals surface area contributed by atoms with Gasteiger partial charge in [-0.3, -0.25) is 9.59 Å². The highest BCUT2D eigenvalue weighted by atomic mass is 79.9. The number of nitrogens with one attached hydrogen (secondary N) is 1. The molecule has 0 aliphatic carbocycles. The molecule has 0 saturated heterocycles. The Balaban J connectivity index is 2.20. The van der Waals surface area contributed by atoms with Gasteiger partial charge in [-0.15, -0.1) is 0 Å². The second kappa shape index (κ2) is 10.3. The molecule has 0 spiro atoms. The Kier molecular flexibility index (Phi) is 8.33. The molecule has 0 fully saturated rings. The van der Waals surface area contributed by atoms with Crippen molar-refractivity contribution < 1.29 is 14.3 Å². The third-order valence-corrected chi connectivity index (χ3v) is 5.20. The summed E-state index contributed by atoms with van der Waals surface area (Å²) < 4.78 is 6.36. The van der Waals surface area contributed by atoms with E-state index >= 15 is 0 Å². The first-order valence-corrected chi connectivity index (χ1v) is 10.9. The molecule has 2 rings (SSSR count). The number of halogens is 2. The van der Waals surface area contributed by atoms with E-state index in [0.717, 1.165) is 11.1 Å². The SMILES string of the molecule is Cc1cccc(CN(C(=O)COc2ccc(Cl)cc2Br)C(C)C(=O)NC(C)(C)C)c1. The molecule has 2 aromatic carbocycles. The van der Waals surface area contributed by atoms with Crippen LogP contribution in [0.4, 0.5) is 0 Å².